The number of terminal acetylenes is 1. The minimum Gasteiger partial charge on any atom is -0.492 e. The molecule has 0 amide bonds. The van der Waals surface area contributed by atoms with Crippen molar-refractivity contribution in [1.82, 2.24) is 5.43 Å². The second-order valence-electron chi connectivity index (χ2n) is 2.90. The summed E-state index contributed by atoms with van der Waals surface area (Å²) in [5.41, 5.74) is 2.61. The predicted octanol–water partition coefficient (Wildman–Crippen LogP) is 0.921. The normalized spacial score (nSPS) is 11.7. The average Bonchev–Trinajstić information content (AvgIpc) is 2.25. The van der Waals surface area contributed by atoms with Crippen LogP contribution in [0.5, 0.6) is 5.75 Å². The van der Waals surface area contributed by atoms with Crippen LogP contribution >= 0.6 is 0 Å². The molecule has 14 heavy (non-hydrogen) atoms. The molecule has 3 N–H and O–H groups in total. The number of nitrogens with two attached hydrogens (primary N) is 1. The topological polar surface area (TPSA) is 47.3 Å². The van der Waals surface area contributed by atoms with Crippen LogP contribution in [-0.2, 0) is 0 Å². The highest BCUT2D eigenvalue weighted by atomic mass is 16.5. The summed E-state index contributed by atoms with van der Waals surface area (Å²) in [4.78, 5) is 0. The molecule has 0 heterocycles. The van der Waals surface area contributed by atoms with Gasteiger partial charge in [0.05, 0.1) is 6.04 Å². The lowest BCUT2D eigenvalue weighted by atomic mass is 10.2. The van der Waals surface area contributed by atoms with Crippen LogP contribution in [0.25, 0.3) is 0 Å². The SMILES string of the molecule is C#CCC(COc1ccccc1)NN. The number of benzene rings is 1. The van der Waals surface area contributed by atoms with Gasteiger partial charge in [-0.15, -0.1) is 12.3 Å². The molecule has 74 valence electrons. The second kappa shape index (κ2) is 6.03. The number of hydrazine groups is 1. The standard InChI is InChI=1S/C11H14N2O/c1-2-6-10(13-12)9-14-11-7-4-3-5-8-11/h1,3-5,7-8,10,13H,6,9,12H2. The molecule has 1 unspecified atom stereocenters. The number of ether oxygens (including phenoxy) is 1. The molecule has 1 rings (SSSR count). The van der Waals surface area contributed by atoms with Gasteiger partial charge in [-0.3, -0.25) is 11.3 Å². The fourth-order valence-corrected chi connectivity index (χ4v) is 1.02. The van der Waals surface area contributed by atoms with E-state index >= 15 is 0 Å². The summed E-state index contributed by atoms with van der Waals surface area (Å²) in [6, 6.07) is 9.56. The first-order valence-corrected chi connectivity index (χ1v) is 4.44. The van der Waals surface area contributed by atoms with Crippen molar-refractivity contribution in [3.8, 4) is 18.1 Å². The van der Waals surface area contributed by atoms with Crippen molar-refractivity contribution < 1.29 is 4.74 Å². The lowest BCUT2D eigenvalue weighted by Gasteiger charge is -2.13. The number of hydrogen-bond acceptors (Lipinski definition) is 3. The smallest absolute Gasteiger partial charge is 0.119 e. The molecule has 0 fully saturated rings. The van der Waals surface area contributed by atoms with Crippen molar-refractivity contribution in [2.75, 3.05) is 6.61 Å². The third kappa shape index (κ3) is 3.48. The quantitative estimate of drug-likeness (QED) is 0.412. The number of para-hydroxylation sites is 1. The Labute approximate surface area is 84.2 Å². The zero-order chi connectivity index (χ0) is 10.2. The molecule has 3 heteroatoms. The number of nitrogens with one attached hydrogen (secondary N) is 1. The van der Waals surface area contributed by atoms with E-state index in [9.17, 15) is 0 Å². The van der Waals surface area contributed by atoms with E-state index in [-0.39, 0.29) is 6.04 Å². The molecule has 1 aromatic carbocycles. The molecule has 0 radical (unpaired) electrons. The van der Waals surface area contributed by atoms with E-state index in [1.165, 1.54) is 0 Å². The summed E-state index contributed by atoms with van der Waals surface area (Å²) < 4.78 is 5.47. The zero-order valence-electron chi connectivity index (χ0n) is 7.94. The highest BCUT2D eigenvalue weighted by Crippen LogP contribution is 2.08. The Kier molecular flexibility index (Phi) is 4.56. The Morgan fingerprint density at radius 1 is 1.43 bits per heavy atom. The fourth-order valence-electron chi connectivity index (χ4n) is 1.02. The van der Waals surface area contributed by atoms with Crippen LogP contribution in [0.2, 0.25) is 0 Å². The van der Waals surface area contributed by atoms with Crippen LogP contribution in [0.4, 0.5) is 0 Å². The Morgan fingerprint density at radius 3 is 2.71 bits per heavy atom. The molecule has 0 saturated carbocycles. The third-order valence-electron chi connectivity index (χ3n) is 1.79. The molecule has 1 atom stereocenters. The van der Waals surface area contributed by atoms with Gasteiger partial charge in [0.1, 0.15) is 12.4 Å². The molecule has 0 aliphatic heterocycles. The maximum atomic E-state index is 5.47. The first-order valence-electron chi connectivity index (χ1n) is 4.44. The van der Waals surface area contributed by atoms with Gasteiger partial charge in [-0.1, -0.05) is 18.2 Å². The van der Waals surface area contributed by atoms with Crippen LogP contribution in [0.15, 0.2) is 30.3 Å². The Hall–Kier alpha value is -1.50. The minimum absolute atomic E-state index is 0.000191. The summed E-state index contributed by atoms with van der Waals surface area (Å²) in [6.07, 6.45) is 5.73. The molecule has 0 spiro atoms. The molecular weight excluding hydrogens is 176 g/mol. The van der Waals surface area contributed by atoms with Crippen molar-refractivity contribution in [2.45, 2.75) is 12.5 Å². The van der Waals surface area contributed by atoms with Crippen LogP contribution in [0.3, 0.4) is 0 Å². The van der Waals surface area contributed by atoms with Gasteiger partial charge >= 0.3 is 0 Å². The monoisotopic (exact) mass is 190 g/mol. The zero-order valence-corrected chi connectivity index (χ0v) is 7.94. The van der Waals surface area contributed by atoms with Crippen molar-refractivity contribution in [3.05, 3.63) is 30.3 Å². The first-order chi connectivity index (χ1) is 6.86. The molecule has 0 aliphatic rings. The van der Waals surface area contributed by atoms with Crippen LogP contribution in [0, 0.1) is 12.3 Å². The van der Waals surface area contributed by atoms with Crippen LogP contribution < -0.4 is 16.0 Å². The van der Waals surface area contributed by atoms with E-state index in [2.05, 4.69) is 11.3 Å². The third-order valence-corrected chi connectivity index (χ3v) is 1.79. The average molecular weight is 190 g/mol. The van der Waals surface area contributed by atoms with Gasteiger partial charge in [-0.2, -0.15) is 0 Å². The Balaban J connectivity index is 2.36. The maximum absolute atomic E-state index is 5.47. The molecule has 0 aromatic heterocycles. The molecule has 0 aliphatic carbocycles. The van der Waals surface area contributed by atoms with E-state index in [1.807, 2.05) is 30.3 Å². The Morgan fingerprint density at radius 2 is 2.14 bits per heavy atom. The fraction of sp³-hybridized carbons (Fsp3) is 0.273. The lowest BCUT2D eigenvalue weighted by Crippen LogP contribution is -2.39. The van der Waals surface area contributed by atoms with Crippen molar-refractivity contribution in [1.29, 1.82) is 0 Å². The van der Waals surface area contributed by atoms with Crippen molar-refractivity contribution in [3.63, 3.8) is 0 Å². The lowest BCUT2D eigenvalue weighted by molar-refractivity contribution is 0.267. The van der Waals surface area contributed by atoms with E-state index < -0.39 is 0 Å². The van der Waals surface area contributed by atoms with Gasteiger partial charge in [-0.05, 0) is 12.1 Å². The van der Waals surface area contributed by atoms with Gasteiger partial charge in [0.2, 0.25) is 0 Å². The van der Waals surface area contributed by atoms with E-state index in [1.54, 1.807) is 0 Å². The Bertz CT molecular complexity index is 292. The van der Waals surface area contributed by atoms with Crippen molar-refractivity contribution in [2.24, 2.45) is 5.84 Å². The molecule has 0 saturated heterocycles. The summed E-state index contributed by atoms with van der Waals surface area (Å²) in [7, 11) is 0. The van der Waals surface area contributed by atoms with Crippen molar-refractivity contribution >= 4 is 0 Å². The summed E-state index contributed by atoms with van der Waals surface area (Å²) in [5, 5.41) is 0. The summed E-state index contributed by atoms with van der Waals surface area (Å²) >= 11 is 0. The number of hydrogen-bond donors (Lipinski definition) is 2. The van der Waals surface area contributed by atoms with Gasteiger partial charge < -0.3 is 4.74 Å². The van der Waals surface area contributed by atoms with Gasteiger partial charge in [-0.25, -0.2) is 0 Å². The second-order valence-corrected chi connectivity index (χ2v) is 2.90. The van der Waals surface area contributed by atoms with Gasteiger partial charge in [0.25, 0.3) is 0 Å². The van der Waals surface area contributed by atoms with Gasteiger partial charge in [0, 0.05) is 6.42 Å². The van der Waals surface area contributed by atoms with E-state index in [4.69, 9.17) is 17.0 Å². The molecule has 1 aromatic rings. The molecular formula is C11H14N2O. The molecule has 3 nitrogen and oxygen atoms in total. The highest BCUT2D eigenvalue weighted by molar-refractivity contribution is 5.20. The maximum Gasteiger partial charge on any atom is 0.119 e. The highest BCUT2D eigenvalue weighted by Gasteiger charge is 2.04. The van der Waals surface area contributed by atoms with E-state index in [0.29, 0.717) is 13.0 Å². The summed E-state index contributed by atoms with van der Waals surface area (Å²) in [6.45, 7) is 0.477. The van der Waals surface area contributed by atoms with Crippen LogP contribution in [-0.4, -0.2) is 12.6 Å². The largest absolute Gasteiger partial charge is 0.492 e. The van der Waals surface area contributed by atoms with E-state index in [0.717, 1.165) is 5.75 Å². The molecule has 0 bridgehead atoms. The number of rotatable bonds is 5. The summed E-state index contributed by atoms with van der Waals surface area (Å²) in [5.74, 6) is 8.65. The van der Waals surface area contributed by atoms with Gasteiger partial charge in [0.15, 0.2) is 0 Å². The van der Waals surface area contributed by atoms with Crippen LogP contribution in [0.1, 0.15) is 6.42 Å². The predicted molar refractivity (Wildman–Crippen MR) is 56.5 cm³/mol. The first kappa shape index (κ1) is 10.6. The minimum atomic E-state index is 0.000191.